The Morgan fingerprint density at radius 1 is 1.20 bits per heavy atom. The van der Waals surface area contributed by atoms with Gasteiger partial charge < -0.3 is 10.1 Å². The zero-order valence-electron chi connectivity index (χ0n) is 13.6. The van der Waals surface area contributed by atoms with E-state index in [1.807, 2.05) is 25.1 Å². The highest BCUT2D eigenvalue weighted by Crippen LogP contribution is 2.25. The Labute approximate surface area is 158 Å². The van der Waals surface area contributed by atoms with Gasteiger partial charge in [-0.05, 0) is 48.4 Å². The average molecular weight is 426 g/mol. The lowest BCUT2D eigenvalue weighted by Gasteiger charge is -2.08. The van der Waals surface area contributed by atoms with E-state index in [4.69, 9.17) is 4.74 Å². The highest BCUT2D eigenvalue weighted by molar-refractivity contribution is 9.10. The number of esters is 1. The van der Waals surface area contributed by atoms with Crippen LogP contribution in [0.3, 0.4) is 0 Å². The van der Waals surface area contributed by atoms with Crippen molar-refractivity contribution >= 4 is 39.6 Å². The first-order valence-corrected chi connectivity index (χ1v) is 9.27. The first kappa shape index (κ1) is 19.5. The summed E-state index contributed by atoms with van der Waals surface area (Å²) < 4.78 is 18.7. The number of thioether (sulfide) groups is 1. The minimum absolute atomic E-state index is 0.133. The molecule has 0 aliphatic heterocycles. The number of rotatable bonds is 7. The second-order valence-electron chi connectivity index (χ2n) is 5.26. The van der Waals surface area contributed by atoms with Gasteiger partial charge in [0.1, 0.15) is 5.82 Å². The third-order valence-corrected chi connectivity index (χ3v) is 4.89. The molecule has 0 atom stereocenters. The van der Waals surface area contributed by atoms with Crippen LogP contribution in [-0.4, -0.2) is 24.2 Å². The van der Waals surface area contributed by atoms with E-state index in [2.05, 4.69) is 21.2 Å². The molecule has 0 aliphatic carbocycles. The standard InChI is InChI=1S/C18H17BrFNO3S/c1-12-8-14(19)4-7-16(12)25-11-18(23)24-10-17(22)21-9-13-2-5-15(20)6-3-13/h2-8H,9-11H2,1H3,(H,21,22). The summed E-state index contributed by atoms with van der Waals surface area (Å²) in [7, 11) is 0. The van der Waals surface area contributed by atoms with Crippen molar-refractivity contribution in [2.24, 2.45) is 0 Å². The monoisotopic (exact) mass is 425 g/mol. The van der Waals surface area contributed by atoms with Gasteiger partial charge in [0.05, 0.1) is 5.75 Å². The molecule has 0 heterocycles. The minimum Gasteiger partial charge on any atom is -0.455 e. The van der Waals surface area contributed by atoms with E-state index in [1.165, 1.54) is 23.9 Å². The molecule has 1 amide bonds. The fraction of sp³-hybridized carbons (Fsp3) is 0.222. The van der Waals surface area contributed by atoms with Gasteiger partial charge in [-0.15, -0.1) is 11.8 Å². The van der Waals surface area contributed by atoms with E-state index in [9.17, 15) is 14.0 Å². The van der Waals surface area contributed by atoms with Crippen molar-refractivity contribution in [1.82, 2.24) is 5.32 Å². The number of benzene rings is 2. The normalized spacial score (nSPS) is 10.4. The van der Waals surface area contributed by atoms with Crippen molar-refractivity contribution in [3.8, 4) is 0 Å². The smallest absolute Gasteiger partial charge is 0.316 e. The molecule has 132 valence electrons. The van der Waals surface area contributed by atoms with Gasteiger partial charge in [0.25, 0.3) is 5.91 Å². The first-order valence-electron chi connectivity index (χ1n) is 7.50. The van der Waals surface area contributed by atoms with Gasteiger partial charge in [0.15, 0.2) is 6.61 Å². The first-order chi connectivity index (χ1) is 11.9. The van der Waals surface area contributed by atoms with Crippen LogP contribution in [-0.2, 0) is 20.9 Å². The molecule has 0 saturated carbocycles. The summed E-state index contributed by atoms with van der Waals surface area (Å²) in [5, 5.41) is 2.61. The summed E-state index contributed by atoms with van der Waals surface area (Å²) in [5.74, 6) is -1.05. The second-order valence-corrected chi connectivity index (χ2v) is 7.20. The van der Waals surface area contributed by atoms with Crippen LogP contribution in [0.5, 0.6) is 0 Å². The van der Waals surface area contributed by atoms with E-state index in [0.717, 1.165) is 20.5 Å². The van der Waals surface area contributed by atoms with E-state index in [-0.39, 0.29) is 24.7 Å². The fourth-order valence-electron chi connectivity index (χ4n) is 1.95. The highest BCUT2D eigenvalue weighted by Gasteiger charge is 2.09. The van der Waals surface area contributed by atoms with E-state index < -0.39 is 11.9 Å². The predicted molar refractivity (Wildman–Crippen MR) is 98.8 cm³/mol. The molecule has 0 fully saturated rings. The SMILES string of the molecule is Cc1cc(Br)ccc1SCC(=O)OCC(=O)NCc1ccc(F)cc1. The Hall–Kier alpha value is -1.86. The molecule has 0 radical (unpaired) electrons. The highest BCUT2D eigenvalue weighted by atomic mass is 79.9. The van der Waals surface area contributed by atoms with Crippen LogP contribution in [0.15, 0.2) is 51.8 Å². The molecule has 0 saturated heterocycles. The van der Waals surface area contributed by atoms with E-state index in [1.54, 1.807) is 12.1 Å². The van der Waals surface area contributed by atoms with Crippen LogP contribution in [0.4, 0.5) is 4.39 Å². The van der Waals surface area contributed by atoms with Gasteiger partial charge in [0.2, 0.25) is 0 Å². The summed E-state index contributed by atoms with van der Waals surface area (Å²) in [6, 6.07) is 11.6. The van der Waals surface area contributed by atoms with Gasteiger partial charge in [0, 0.05) is 15.9 Å². The average Bonchev–Trinajstić information content (AvgIpc) is 2.58. The molecule has 2 aromatic carbocycles. The summed E-state index contributed by atoms with van der Waals surface area (Å²) in [6.07, 6.45) is 0. The number of hydrogen-bond acceptors (Lipinski definition) is 4. The third kappa shape index (κ3) is 6.88. The Morgan fingerprint density at radius 3 is 2.60 bits per heavy atom. The number of ether oxygens (including phenoxy) is 1. The lowest BCUT2D eigenvalue weighted by atomic mass is 10.2. The predicted octanol–water partition coefficient (Wildman–Crippen LogP) is 3.85. The summed E-state index contributed by atoms with van der Waals surface area (Å²) in [6.45, 7) is 1.88. The Bertz CT molecular complexity index is 752. The zero-order chi connectivity index (χ0) is 18.2. The number of amides is 1. The van der Waals surface area contributed by atoms with Crippen molar-refractivity contribution in [2.45, 2.75) is 18.4 Å². The quantitative estimate of drug-likeness (QED) is 0.540. The maximum Gasteiger partial charge on any atom is 0.316 e. The molecule has 0 aliphatic rings. The molecule has 7 heteroatoms. The number of hydrogen-bond donors (Lipinski definition) is 1. The summed E-state index contributed by atoms with van der Waals surface area (Å²) >= 11 is 4.75. The third-order valence-electron chi connectivity index (χ3n) is 3.25. The van der Waals surface area contributed by atoms with Gasteiger partial charge in [-0.3, -0.25) is 9.59 Å². The Morgan fingerprint density at radius 2 is 1.92 bits per heavy atom. The van der Waals surface area contributed by atoms with Gasteiger partial charge in [-0.1, -0.05) is 28.1 Å². The molecule has 0 unspecified atom stereocenters. The molecule has 25 heavy (non-hydrogen) atoms. The van der Waals surface area contributed by atoms with Gasteiger partial charge in [-0.2, -0.15) is 0 Å². The molecule has 4 nitrogen and oxygen atoms in total. The number of halogens is 2. The van der Waals surface area contributed by atoms with Crippen LogP contribution < -0.4 is 5.32 Å². The van der Waals surface area contributed by atoms with Crippen LogP contribution >= 0.6 is 27.7 Å². The number of carbonyl (C=O) groups is 2. The zero-order valence-corrected chi connectivity index (χ0v) is 16.0. The summed E-state index contributed by atoms with van der Waals surface area (Å²) in [4.78, 5) is 24.4. The molecule has 0 spiro atoms. The minimum atomic E-state index is -0.454. The lowest BCUT2D eigenvalue weighted by molar-refractivity contribution is -0.145. The van der Waals surface area contributed by atoms with Crippen LogP contribution in [0, 0.1) is 12.7 Å². The lowest BCUT2D eigenvalue weighted by Crippen LogP contribution is -2.28. The van der Waals surface area contributed by atoms with Crippen molar-refractivity contribution in [3.63, 3.8) is 0 Å². The van der Waals surface area contributed by atoms with Crippen LogP contribution in [0.2, 0.25) is 0 Å². The number of carbonyl (C=O) groups excluding carboxylic acids is 2. The van der Waals surface area contributed by atoms with E-state index >= 15 is 0 Å². The topological polar surface area (TPSA) is 55.4 Å². The van der Waals surface area contributed by atoms with Crippen molar-refractivity contribution in [2.75, 3.05) is 12.4 Å². The maximum absolute atomic E-state index is 12.8. The Kier molecular flexibility index (Phi) is 7.46. The van der Waals surface area contributed by atoms with Crippen molar-refractivity contribution < 1.29 is 18.7 Å². The molecule has 2 aromatic rings. The molecule has 2 rings (SSSR count). The number of aryl methyl sites for hydroxylation is 1. The van der Waals surface area contributed by atoms with Crippen LogP contribution in [0.1, 0.15) is 11.1 Å². The van der Waals surface area contributed by atoms with Gasteiger partial charge in [-0.25, -0.2) is 4.39 Å². The molecule has 0 bridgehead atoms. The van der Waals surface area contributed by atoms with Crippen LogP contribution in [0.25, 0.3) is 0 Å². The second kappa shape index (κ2) is 9.58. The largest absolute Gasteiger partial charge is 0.455 e. The summed E-state index contributed by atoms with van der Waals surface area (Å²) in [5.41, 5.74) is 1.83. The fourth-order valence-corrected chi connectivity index (χ4v) is 3.24. The molecule has 1 N–H and O–H groups in total. The van der Waals surface area contributed by atoms with E-state index in [0.29, 0.717) is 0 Å². The Balaban J connectivity index is 1.68. The van der Waals surface area contributed by atoms with Crippen molar-refractivity contribution in [3.05, 3.63) is 63.9 Å². The molecular weight excluding hydrogens is 409 g/mol. The van der Waals surface area contributed by atoms with Gasteiger partial charge >= 0.3 is 5.97 Å². The maximum atomic E-state index is 12.8. The molecule has 0 aromatic heterocycles. The molecular formula is C18H17BrFNO3S. The number of nitrogens with one attached hydrogen (secondary N) is 1. The van der Waals surface area contributed by atoms with Crippen molar-refractivity contribution in [1.29, 1.82) is 0 Å².